The van der Waals surface area contributed by atoms with Crippen LogP contribution in [0.15, 0.2) is 41.2 Å². The Kier molecular flexibility index (Phi) is 5.95. The van der Waals surface area contributed by atoms with Crippen molar-refractivity contribution < 1.29 is 14.3 Å². The highest BCUT2D eigenvalue weighted by Gasteiger charge is 2.14. The predicted octanol–water partition coefficient (Wildman–Crippen LogP) is 1.14. The summed E-state index contributed by atoms with van der Waals surface area (Å²) in [5, 5.41) is 6.84. The summed E-state index contributed by atoms with van der Waals surface area (Å²) in [4.78, 5) is 23.7. The maximum atomic E-state index is 12.0. The molecule has 7 nitrogen and oxygen atoms in total. The van der Waals surface area contributed by atoms with E-state index in [2.05, 4.69) is 10.4 Å². The lowest BCUT2D eigenvalue weighted by atomic mass is 10.3. The first-order valence-corrected chi connectivity index (χ1v) is 7.63. The number of aryl methyl sites for hydroxylation is 1. The lowest BCUT2D eigenvalue weighted by Crippen LogP contribution is -2.39. The van der Waals surface area contributed by atoms with E-state index in [0.717, 1.165) is 11.4 Å². The van der Waals surface area contributed by atoms with Crippen molar-refractivity contribution in [2.45, 2.75) is 26.5 Å². The molecule has 1 aromatic heterocycles. The molecule has 1 amide bonds. The minimum Gasteiger partial charge on any atom is -0.497 e. The van der Waals surface area contributed by atoms with Crippen LogP contribution in [0.2, 0.25) is 0 Å². The number of benzene rings is 1. The van der Waals surface area contributed by atoms with Gasteiger partial charge in [-0.15, -0.1) is 0 Å². The lowest BCUT2D eigenvalue weighted by Gasteiger charge is -2.15. The van der Waals surface area contributed by atoms with Crippen LogP contribution >= 0.6 is 0 Å². The first-order valence-electron chi connectivity index (χ1n) is 7.63. The highest BCUT2D eigenvalue weighted by Crippen LogP contribution is 2.18. The number of ether oxygens (including phenoxy) is 2. The molecule has 0 saturated carbocycles. The number of aromatic nitrogens is 2. The number of hydrogen-bond acceptors (Lipinski definition) is 5. The van der Waals surface area contributed by atoms with E-state index < -0.39 is 6.10 Å². The second-order valence-corrected chi connectivity index (χ2v) is 5.26. The van der Waals surface area contributed by atoms with E-state index >= 15 is 0 Å². The number of carbonyl (C=O) groups is 1. The van der Waals surface area contributed by atoms with Crippen LogP contribution in [0.1, 0.15) is 12.6 Å². The van der Waals surface area contributed by atoms with E-state index in [1.54, 1.807) is 51.3 Å². The van der Waals surface area contributed by atoms with E-state index in [9.17, 15) is 9.59 Å². The van der Waals surface area contributed by atoms with Gasteiger partial charge in [0.15, 0.2) is 6.10 Å². The number of nitrogens with one attached hydrogen (secondary N) is 1. The van der Waals surface area contributed by atoms with Crippen molar-refractivity contribution in [3.05, 3.63) is 52.4 Å². The molecule has 0 aliphatic rings. The largest absolute Gasteiger partial charge is 0.497 e. The smallest absolute Gasteiger partial charge is 0.266 e. The normalized spacial score (nSPS) is 11.6. The van der Waals surface area contributed by atoms with Crippen LogP contribution in [-0.2, 0) is 11.3 Å². The van der Waals surface area contributed by atoms with Crippen molar-refractivity contribution >= 4 is 5.91 Å². The van der Waals surface area contributed by atoms with Crippen LogP contribution in [-0.4, -0.2) is 35.4 Å². The molecule has 1 N–H and O–H groups in total. The molecule has 24 heavy (non-hydrogen) atoms. The third kappa shape index (κ3) is 4.84. The molecule has 0 saturated heterocycles. The Morgan fingerprint density at radius 2 is 1.88 bits per heavy atom. The van der Waals surface area contributed by atoms with Gasteiger partial charge in [0, 0.05) is 12.6 Å². The number of amides is 1. The molecule has 0 fully saturated rings. The minimum atomic E-state index is -0.652. The molecule has 0 spiro atoms. The van der Waals surface area contributed by atoms with E-state index in [-0.39, 0.29) is 11.5 Å². The molecule has 1 heterocycles. The summed E-state index contributed by atoms with van der Waals surface area (Å²) in [5.74, 6) is 1.04. The van der Waals surface area contributed by atoms with Crippen molar-refractivity contribution in [2.75, 3.05) is 13.7 Å². The lowest BCUT2D eigenvalue weighted by molar-refractivity contribution is -0.127. The molecule has 0 bridgehead atoms. The second-order valence-electron chi connectivity index (χ2n) is 5.26. The average Bonchev–Trinajstić information content (AvgIpc) is 2.58. The zero-order chi connectivity index (χ0) is 17.5. The van der Waals surface area contributed by atoms with Crippen molar-refractivity contribution in [2.24, 2.45) is 0 Å². The van der Waals surface area contributed by atoms with E-state index in [1.165, 1.54) is 10.7 Å². The molecule has 0 aliphatic heterocycles. The Hall–Kier alpha value is -2.83. The monoisotopic (exact) mass is 331 g/mol. The van der Waals surface area contributed by atoms with Crippen molar-refractivity contribution in [3.8, 4) is 11.5 Å². The predicted molar refractivity (Wildman–Crippen MR) is 89.3 cm³/mol. The fraction of sp³-hybridized carbons (Fsp3) is 0.353. The van der Waals surface area contributed by atoms with Gasteiger partial charge in [-0.3, -0.25) is 9.59 Å². The van der Waals surface area contributed by atoms with Crippen LogP contribution in [0.3, 0.4) is 0 Å². The topological polar surface area (TPSA) is 82.4 Å². The third-order valence-electron chi connectivity index (χ3n) is 3.36. The number of rotatable bonds is 7. The number of hydrogen-bond donors (Lipinski definition) is 1. The highest BCUT2D eigenvalue weighted by molar-refractivity contribution is 5.80. The third-order valence-corrected chi connectivity index (χ3v) is 3.36. The highest BCUT2D eigenvalue weighted by atomic mass is 16.5. The molecule has 2 aromatic rings. The van der Waals surface area contributed by atoms with Crippen LogP contribution < -0.4 is 20.3 Å². The summed E-state index contributed by atoms with van der Waals surface area (Å²) >= 11 is 0. The fourth-order valence-electron chi connectivity index (χ4n) is 2.05. The summed E-state index contributed by atoms with van der Waals surface area (Å²) in [6.45, 7) is 4.07. The molecule has 0 radical (unpaired) electrons. The Morgan fingerprint density at radius 3 is 2.54 bits per heavy atom. The van der Waals surface area contributed by atoms with Gasteiger partial charge in [-0.1, -0.05) is 0 Å². The van der Waals surface area contributed by atoms with Crippen LogP contribution in [0.4, 0.5) is 0 Å². The molecule has 2 rings (SSSR count). The number of nitrogens with zero attached hydrogens (tertiary/aromatic N) is 2. The minimum absolute atomic E-state index is 0.197. The van der Waals surface area contributed by atoms with Crippen LogP contribution in [0, 0.1) is 6.92 Å². The van der Waals surface area contributed by atoms with Crippen molar-refractivity contribution in [1.82, 2.24) is 15.1 Å². The molecular weight excluding hydrogens is 310 g/mol. The molecule has 128 valence electrons. The van der Waals surface area contributed by atoms with Gasteiger partial charge < -0.3 is 14.8 Å². The van der Waals surface area contributed by atoms with E-state index in [4.69, 9.17) is 9.47 Å². The molecule has 1 aromatic carbocycles. The summed E-state index contributed by atoms with van der Waals surface area (Å²) in [7, 11) is 1.58. The van der Waals surface area contributed by atoms with Gasteiger partial charge in [-0.2, -0.15) is 5.10 Å². The molecule has 1 atom stereocenters. The quantitative estimate of drug-likeness (QED) is 0.823. The fourth-order valence-corrected chi connectivity index (χ4v) is 2.05. The van der Waals surface area contributed by atoms with Gasteiger partial charge in [0.05, 0.1) is 19.3 Å². The van der Waals surface area contributed by atoms with Crippen molar-refractivity contribution in [1.29, 1.82) is 0 Å². The van der Waals surface area contributed by atoms with Gasteiger partial charge in [0.25, 0.3) is 11.5 Å². The van der Waals surface area contributed by atoms with Crippen LogP contribution in [0.25, 0.3) is 0 Å². The van der Waals surface area contributed by atoms with Gasteiger partial charge in [0.1, 0.15) is 11.5 Å². The maximum absolute atomic E-state index is 12.0. The van der Waals surface area contributed by atoms with Gasteiger partial charge in [-0.25, -0.2) is 4.68 Å². The van der Waals surface area contributed by atoms with Crippen molar-refractivity contribution in [3.63, 3.8) is 0 Å². The standard InChI is InChI=1S/C17H21N3O4/c1-12-4-9-16(21)20(19-12)11-10-18-17(22)13(2)24-15-7-5-14(23-3)6-8-15/h4-9,13H,10-11H2,1-3H3,(H,18,22). The van der Waals surface area contributed by atoms with Crippen LogP contribution in [0.5, 0.6) is 11.5 Å². The van der Waals surface area contributed by atoms with Gasteiger partial charge in [0.2, 0.25) is 0 Å². The number of methoxy groups -OCH3 is 1. The summed E-state index contributed by atoms with van der Waals surface area (Å²) in [6.07, 6.45) is -0.652. The first kappa shape index (κ1) is 17.5. The summed E-state index contributed by atoms with van der Waals surface area (Å²) in [6, 6.07) is 10.1. The summed E-state index contributed by atoms with van der Waals surface area (Å²) in [5.41, 5.74) is 0.550. The Morgan fingerprint density at radius 1 is 1.21 bits per heavy atom. The summed E-state index contributed by atoms with van der Waals surface area (Å²) < 4.78 is 12.0. The zero-order valence-corrected chi connectivity index (χ0v) is 14.0. The SMILES string of the molecule is COc1ccc(OC(C)C(=O)NCCn2nc(C)ccc2=O)cc1. The maximum Gasteiger partial charge on any atom is 0.266 e. The second kappa shape index (κ2) is 8.14. The van der Waals surface area contributed by atoms with E-state index in [1.807, 2.05) is 0 Å². The first-order chi connectivity index (χ1) is 11.5. The van der Waals surface area contributed by atoms with E-state index in [0.29, 0.717) is 18.8 Å². The zero-order valence-electron chi connectivity index (χ0n) is 14.0. The Balaban J connectivity index is 1.82. The molecular formula is C17H21N3O4. The molecule has 1 unspecified atom stereocenters. The molecule has 7 heteroatoms. The van der Waals surface area contributed by atoms with Gasteiger partial charge >= 0.3 is 0 Å². The molecule has 0 aliphatic carbocycles. The Bertz CT molecular complexity index is 740. The Labute approximate surface area is 140 Å². The van der Waals surface area contributed by atoms with Gasteiger partial charge in [-0.05, 0) is 44.2 Å². The average molecular weight is 331 g/mol. The number of carbonyl (C=O) groups excluding carboxylic acids is 1.